The number of piperidine rings is 2. The number of hydrogen-bond acceptors (Lipinski definition) is 5. The number of carbonyl (C=O) groups is 2. The molecule has 40 heavy (non-hydrogen) atoms. The zero-order valence-electron chi connectivity index (χ0n) is 22.5. The van der Waals surface area contributed by atoms with E-state index in [9.17, 15) is 22.8 Å². The van der Waals surface area contributed by atoms with Crippen LogP contribution in [-0.2, 0) is 24.7 Å². The first kappa shape index (κ1) is 28.4. The fraction of sp³-hybridized carbons (Fsp3) is 0.533. The third-order valence-corrected chi connectivity index (χ3v) is 8.73. The van der Waals surface area contributed by atoms with E-state index >= 15 is 0 Å². The van der Waals surface area contributed by atoms with E-state index in [-0.39, 0.29) is 43.0 Å². The van der Waals surface area contributed by atoms with Gasteiger partial charge >= 0.3 is 6.18 Å². The molecule has 3 atom stereocenters. The maximum atomic E-state index is 14.5. The van der Waals surface area contributed by atoms with Gasteiger partial charge in [0.2, 0.25) is 5.91 Å². The Morgan fingerprint density at radius 1 is 1.10 bits per heavy atom. The maximum Gasteiger partial charge on any atom is 0.430 e. The van der Waals surface area contributed by atoms with Gasteiger partial charge in [0, 0.05) is 51.3 Å². The van der Waals surface area contributed by atoms with Gasteiger partial charge in [0.1, 0.15) is 12.4 Å². The van der Waals surface area contributed by atoms with Crippen molar-refractivity contribution in [3.63, 3.8) is 0 Å². The second-order valence-electron chi connectivity index (χ2n) is 10.9. The number of ether oxygens (including phenoxy) is 3. The molecule has 7 nitrogen and oxygen atoms in total. The number of methoxy groups -OCH3 is 1. The van der Waals surface area contributed by atoms with Crippen LogP contribution in [0.25, 0.3) is 0 Å². The lowest BCUT2D eigenvalue weighted by molar-refractivity contribution is -0.271. The summed E-state index contributed by atoms with van der Waals surface area (Å²) < 4.78 is 60.5. The number of rotatable bonds is 7. The molecule has 3 aliphatic rings. The first-order valence-electron chi connectivity index (χ1n) is 13.8. The lowest BCUT2D eigenvalue weighted by Gasteiger charge is -2.50. The van der Waals surface area contributed by atoms with Crippen molar-refractivity contribution >= 4 is 11.8 Å². The van der Waals surface area contributed by atoms with E-state index in [2.05, 4.69) is 5.32 Å². The summed E-state index contributed by atoms with van der Waals surface area (Å²) in [6, 6.07) is 14.7. The molecule has 2 unspecified atom stereocenters. The van der Waals surface area contributed by atoms with Crippen molar-refractivity contribution < 1.29 is 37.0 Å². The van der Waals surface area contributed by atoms with Gasteiger partial charge in [-0.05, 0) is 42.7 Å². The molecule has 216 valence electrons. The lowest BCUT2D eigenvalue weighted by atomic mass is 9.62. The number of likely N-dealkylation sites (tertiary alicyclic amines) is 1. The van der Waals surface area contributed by atoms with E-state index in [0.717, 1.165) is 37.9 Å². The van der Waals surface area contributed by atoms with E-state index in [1.807, 2.05) is 24.3 Å². The van der Waals surface area contributed by atoms with Gasteiger partial charge in [-0.15, -0.1) is 0 Å². The van der Waals surface area contributed by atoms with Crippen LogP contribution in [0.4, 0.5) is 13.2 Å². The predicted molar refractivity (Wildman–Crippen MR) is 141 cm³/mol. The molecule has 10 heteroatoms. The zero-order valence-corrected chi connectivity index (χ0v) is 22.5. The van der Waals surface area contributed by atoms with Gasteiger partial charge in [-0.25, -0.2) is 0 Å². The predicted octanol–water partition coefficient (Wildman–Crippen LogP) is 4.56. The van der Waals surface area contributed by atoms with Crippen LogP contribution in [0.2, 0.25) is 0 Å². The molecule has 2 aromatic carbocycles. The molecular weight excluding hydrogens is 525 g/mol. The summed E-state index contributed by atoms with van der Waals surface area (Å²) in [5.41, 5.74) is -2.94. The Bertz CT molecular complexity index is 1190. The second kappa shape index (κ2) is 11.4. The molecular formula is C30H35F3N2O5. The molecule has 0 bridgehead atoms. The standard InChI is InChI=1S/C30H35F3N2O5/c1-38-29(30(31,32)33,21-8-3-2-4-9-21)27(37)35-15-13-28(14-16-35)18-26(36)34-19-24(28)23-11-5-6-12-25(23)40-20-22-10-7-17-39-22/h2-6,8-9,11-12,22,24H,7,10,13-20H2,1H3,(H,34,36)/t22?,24?,29-/m1/s1. The summed E-state index contributed by atoms with van der Waals surface area (Å²) in [6.45, 7) is 1.71. The minimum atomic E-state index is -4.97. The van der Waals surface area contributed by atoms with Crippen LogP contribution in [0.15, 0.2) is 54.6 Å². The van der Waals surface area contributed by atoms with Crippen molar-refractivity contribution in [2.75, 3.05) is 40.0 Å². The van der Waals surface area contributed by atoms with Crippen molar-refractivity contribution in [2.45, 2.75) is 55.9 Å². The van der Waals surface area contributed by atoms with E-state index in [1.165, 1.54) is 29.2 Å². The molecule has 2 amide bonds. The van der Waals surface area contributed by atoms with E-state index < -0.39 is 23.1 Å². The summed E-state index contributed by atoms with van der Waals surface area (Å²) in [4.78, 5) is 27.5. The Morgan fingerprint density at radius 2 is 1.80 bits per heavy atom. The molecule has 0 aliphatic carbocycles. The van der Waals surface area contributed by atoms with Crippen molar-refractivity contribution in [3.05, 3.63) is 65.7 Å². The van der Waals surface area contributed by atoms with E-state index in [1.54, 1.807) is 6.07 Å². The minimum Gasteiger partial charge on any atom is -0.491 e. The smallest absolute Gasteiger partial charge is 0.430 e. The van der Waals surface area contributed by atoms with Crippen LogP contribution in [0, 0.1) is 5.41 Å². The largest absolute Gasteiger partial charge is 0.491 e. The van der Waals surface area contributed by atoms with Gasteiger partial charge < -0.3 is 24.4 Å². The molecule has 0 radical (unpaired) electrons. The highest BCUT2D eigenvalue weighted by Gasteiger charge is 2.64. The molecule has 2 aromatic rings. The van der Waals surface area contributed by atoms with Crippen LogP contribution in [-0.4, -0.2) is 69.0 Å². The number of amides is 2. The average Bonchev–Trinajstić information content (AvgIpc) is 3.47. The quantitative estimate of drug-likeness (QED) is 0.538. The van der Waals surface area contributed by atoms with Crippen LogP contribution < -0.4 is 10.1 Å². The highest BCUT2D eigenvalue weighted by Crippen LogP contribution is 2.52. The summed E-state index contributed by atoms with van der Waals surface area (Å²) in [5.74, 6) is -0.635. The van der Waals surface area contributed by atoms with Crippen molar-refractivity contribution in [1.82, 2.24) is 10.2 Å². The minimum absolute atomic E-state index is 0.0432. The maximum absolute atomic E-state index is 14.5. The topological polar surface area (TPSA) is 77.1 Å². The second-order valence-corrected chi connectivity index (χ2v) is 10.9. The van der Waals surface area contributed by atoms with Gasteiger partial charge in [-0.2, -0.15) is 13.2 Å². The Labute approximate surface area is 232 Å². The van der Waals surface area contributed by atoms with Crippen LogP contribution >= 0.6 is 0 Å². The third-order valence-electron chi connectivity index (χ3n) is 8.73. The number of para-hydroxylation sites is 1. The summed E-state index contributed by atoms with van der Waals surface area (Å²) in [6.07, 6.45) is -1.99. The number of hydrogen-bond donors (Lipinski definition) is 1. The number of halogens is 3. The Balaban J connectivity index is 1.39. The fourth-order valence-electron chi connectivity index (χ4n) is 6.54. The van der Waals surface area contributed by atoms with Gasteiger partial charge in [-0.3, -0.25) is 9.59 Å². The molecule has 3 fully saturated rings. The molecule has 1 spiro atoms. The Kier molecular flexibility index (Phi) is 8.10. The molecule has 1 N–H and O–H groups in total. The molecule has 5 rings (SSSR count). The SMILES string of the molecule is CO[C@@](C(=O)N1CCC2(CC1)CC(=O)NCC2c1ccccc1OCC1CCCO1)(c1ccccc1)C(F)(F)F. The molecule has 3 aliphatic heterocycles. The van der Waals surface area contributed by atoms with Gasteiger partial charge in [0.15, 0.2) is 0 Å². The summed E-state index contributed by atoms with van der Waals surface area (Å²) in [5, 5.41) is 2.97. The van der Waals surface area contributed by atoms with Crippen LogP contribution in [0.5, 0.6) is 5.75 Å². The Hall–Kier alpha value is -3.11. The fourth-order valence-corrected chi connectivity index (χ4v) is 6.54. The van der Waals surface area contributed by atoms with Gasteiger partial charge in [0.25, 0.3) is 11.5 Å². The molecule has 0 saturated carbocycles. The zero-order chi connectivity index (χ0) is 28.4. The third kappa shape index (κ3) is 5.19. The number of carbonyl (C=O) groups excluding carboxylic acids is 2. The monoisotopic (exact) mass is 560 g/mol. The van der Waals surface area contributed by atoms with Crippen molar-refractivity contribution in [2.24, 2.45) is 5.41 Å². The number of nitrogens with one attached hydrogen (secondary N) is 1. The summed E-state index contributed by atoms with van der Waals surface area (Å²) in [7, 11) is 0.916. The van der Waals surface area contributed by atoms with Gasteiger partial charge in [-0.1, -0.05) is 48.5 Å². The first-order valence-corrected chi connectivity index (χ1v) is 13.8. The normalized spacial score (nSPS) is 24.4. The van der Waals surface area contributed by atoms with Crippen LogP contribution in [0.1, 0.15) is 49.1 Å². The molecule has 3 heterocycles. The van der Waals surface area contributed by atoms with Crippen LogP contribution in [0.3, 0.4) is 0 Å². The van der Waals surface area contributed by atoms with Gasteiger partial charge in [0.05, 0.1) is 6.10 Å². The summed E-state index contributed by atoms with van der Waals surface area (Å²) >= 11 is 0. The van der Waals surface area contributed by atoms with Crippen molar-refractivity contribution in [1.29, 1.82) is 0 Å². The molecule has 0 aromatic heterocycles. The van der Waals surface area contributed by atoms with Crippen molar-refractivity contribution in [3.8, 4) is 5.75 Å². The average molecular weight is 561 g/mol. The number of alkyl halides is 3. The lowest BCUT2D eigenvalue weighted by Crippen LogP contribution is -2.60. The van der Waals surface area contributed by atoms with E-state index in [0.29, 0.717) is 26.0 Å². The Morgan fingerprint density at radius 3 is 2.45 bits per heavy atom. The van der Waals surface area contributed by atoms with E-state index in [4.69, 9.17) is 14.2 Å². The number of benzene rings is 2. The number of nitrogens with zero attached hydrogens (tertiary/aromatic N) is 1. The highest BCUT2D eigenvalue weighted by atomic mass is 19.4. The highest BCUT2D eigenvalue weighted by molar-refractivity contribution is 5.88. The molecule has 3 saturated heterocycles. The first-order chi connectivity index (χ1) is 19.2.